The summed E-state index contributed by atoms with van der Waals surface area (Å²) in [6.45, 7) is 3.94. The van der Waals surface area contributed by atoms with E-state index in [2.05, 4.69) is 11.0 Å². The summed E-state index contributed by atoms with van der Waals surface area (Å²) in [5.41, 5.74) is 1.54. The van der Waals surface area contributed by atoms with Crippen LogP contribution in [0.5, 0.6) is 0 Å². The van der Waals surface area contributed by atoms with E-state index in [4.69, 9.17) is 5.26 Å². The van der Waals surface area contributed by atoms with Gasteiger partial charge >= 0.3 is 0 Å². The van der Waals surface area contributed by atoms with Gasteiger partial charge in [0.2, 0.25) is 0 Å². The summed E-state index contributed by atoms with van der Waals surface area (Å²) in [5, 5.41) is 19.1. The largest absolute Gasteiger partial charge is 0.387 e. The third-order valence-electron chi connectivity index (χ3n) is 3.78. The average molecular weight is 276 g/mol. The predicted molar refractivity (Wildman–Crippen MR) is 75.5 cm³/mol. The van der Waals surface area contributed by atoms with Gasteiger partial charge in [-0.15, -0.1) is 0 Å². The molecule has 0 bridgehead atoms. The molecule has 0 spiro atoms. The minimum Gasteiger partial charge on any atom is -0.387 e. The maximum Gasteiger partial charge on any atom is 0.123 e. The minimum absolute atomic E-state index is 0.280. The third-order valence-corrected chi connectivity index (χ3v) is 3.78. The molecule has 1 N–H and O–H groups in total. The second kappa shape index (κ2) is 6.83. The molecule has 1 fully saturated rings. The van der Waals surface area contributed by atoms with Crippen LogP contribution in [0.25, 0.3) is 0 Å². The van der Waals surface area contributed by atoms with Gasteiger partial charge < -0.3 is 5.11 Å². The van der Waals surface area contributed by atoms with Crippen molar-refractivity contribution >= 4 is 0 Å². The molecule has 4 heteroatoms. The van der Waals surface area contributed by atoms with Gasteiger partial charge in [-0.05, 0) is 48.9 Å². The molecule has 1 atom stereocenters. The Morgan fingerprint density at radius 1 is 1.50 bits per heavy atom. The molecule has 0 radical (unpaired) electrons. The summed E-state index contributed by atoms with van der Waals surface area (Å²) < 4.78 is 13.1. The number of aliphatic hydroxyl groups is 1. The Hall–Kier alpha value is -1.44. The van der Waals surface area contributed by atoms with Crippen LogP contribution in [0.4, 0.5) is 4.39 Å². The van der Waals surface area contributed by atoms with Crippen molar-refractivity contribution in [3.05, 3.63) is 35.1 Å². The van der Waals surface area contributed by atoms with Crippen LogP contribution < -0.4 is 0 Å². The van der Waals surface area contributed by atoms with Crippen molar-refractivity contribution in [3.8, 4) is 6.07 Å². The molecule has 0 amide bonds. The number of aliphatic hydroxyl groups excluding tert-OH is 1. The second-order valence-corrected chi connectivity index (χ2v) is 5.63. The topological polar surface area (TPSA) is 47.3 Å². The lowest BCUT2D eigenvalue weighted by molar-refractivity contribution is 0.111. The van der Waals surface area contributed by atoms with Crippen LogP contribution in [0.15, 0.2) is 18.2 Å². The van der Waals surface area contributed by atoms with Crippen molar-refractivity contribution in [3.63, 3.8) is 0 Å². The fourth-order valence-corrected chi connectivity index (χ4v) is 2.49. The Kier molecular flexibility index (Phi) is 5.11. The van der Waals surface area contributed by atoms with Crippen LogP contribution in [-0.2, 0) is 0 Å². The molecule has 0 saturated heterocycles. The fraction of sp³-hybridized carbons (Fsp3) is 0.562. The molecule has 1 aromatic rings. The van der Waals surface area contributed by atoms with E-state index in [-0.39, 0.29) is 5.82 Å². The Morgan fingerprint density at radius 3 is 2.85 bits per heavy atom. The van der Waals surface area contributed by atoms with Crippen LogP contribution in [-0.4, -0.2) is 29.6 Å². The van der Waals surface area contributed by atoms with Crippen LogP contribution in [0, 0.1) is 30.0 Å². The highest BCUT2D eigenvalue weighted by atomic mass is 19.1. The van der Waals surface area contributed by atoms with Gasteiger partial charge in [0, 0.05) is 26.1 Å². The summed E-state index contributed by atoms with van der Waals surface area (Å²) in [6, 6.07) is 6.62. The molecular formula is C16H21FN2O. The van der Waals surface area contributed by atoms with Gasteiger partial charge in [-0.2, -0.15) is 5.26 Å². The van der Waals surface area contributed by atoms with Crippen molar-refractivity contribution in [2.24, 2.45) is 5.92 Å². The molecular weight excluding hydrogens is 255 g/mol. The van der Waals surface area contributed by atoms with E-state index in [1.807, 2.05) is 6.92 Å². The Bertz CT molecular complexity index is 494. The van der Waals surface area contributed by atoms with E-state index in [1.54, 1.807) is 6.07 Å². The summed E-state index contributed by atoms with van der Waals surface area (Å²) in [7, 11) is 0. The number of hydrogen-bond acceptors (Lipinski definition) is 3. The fourth-order valence-electron chi connectivity index (χ4n) is 2.49. The predicted octanol–water partition coefficient (Wildman–Crippen LogP) is 2.79. The molecule has 0 aromatic heterocycles. The Balaban J connectivity index is 1.98. The highest BCUT2D eigenvalue weighted by Gasteiger charge is 2.25. The van der Waals surface area contributed by atoms with Gasteiger partial charge in [0.1, 0.15) is 5.82 Å². The highest BCUT2D eigenvalue weighted by Crippen LogP contribution is 2.30. The van der Waals surface area contributed by atoms with Gasteiger partial charge in [-0.1, -0.05) is 6.07 Å². The molecule has 1 aromatic carbocycles. The van der Waals surface area contributed by atoms with Crippen LogP contribution in [0.3, 0.4) is 0 Å². The number of halogens is 1. The first kappa shape index (κ1) is 15.0. The van der Waals surface area contributed by atoms with Crippen LogP contribution in [0.1, 0.15) is 36.5 Å². The molecule has 0 heterocycles. The maximum atomic E-state index is 13.1. The Labute approximate surface area is 119 Å². The minimum atomic E-state index is -0.631. The molecule has 1 aliphatic carbocycles. The van der Waals surface area contributed by atoms with Crippen molar-refractivity contribution in [1.29, 1.82) is 5.26 Å². The number of nitriles is 1. The second-order valence-electron chi connectivity index (χ2n) is 5.63. The molecule has 0 aliphatic heterocycles. The van der Waals surface area contributed by atoms with E-state index < -0.39 is 6.10 Å². The molecule has 1 aliphatic rings. The van der Waals surface area contributed by atoms with Crippen molar-refractivity contribution in [1.82, 2.24) is 4.90 Å². The van der Waals surface area contributed by atoms with E-state index in [1.165, 1.54) is 25.0 Å². The number of nitrogens with zero attached hydrogens (tertiary/aromatic N) is 2. The molecule has 1 unspecified atom stereocenters. The lowest BCUT2D eigenvalue weighted by atomic mass is 10.0. The lowest BCUT2D eigenvalue weighted by Crippen LogP contribution is -2.31. The number of benzene rings is 1. The summed E-state index contributed by atoms with van der Waals surface area (Å²) in [6.07, 6.45) is 2.33. The smallest absolute Gasteiger partial charge is 0.123 e. The first-order valence-corrected chi connectivity index (χ1v) is 7.13. The van der Waals surface area contributed by atoms with Crippen LogP contribution >= 0.6 is 0 Å². The van der Waals surface area contributed by atoms with Gasteiger partial charge in [-0.3, -0.25) is 4.90 Å². The number of rotatable bonds is 7. The molecule has 20 heavy (non-hydrogen) atoms. The molecule has 3 nitrogen and oxygen atoms in total. The van der Waals surface area contributed by atoms with Gasteiger partial charge in [-0.25, -0.2) is 4.39 Å². The normalized spacial score (nSPS) is 16.1. The average Bonchev–Trinajstić information content (AvgIpc) is 3.19. The monoisotopic (exact) mass is 276 g/mol. The number of aryl methyl sites for hydroxylation is 1. The SMILES string of the molecule is Cc1cc(F)ccc1C(O)CN(CCC#N)CC1CC1. The van der Waals surface area contributed by atoms with Crippen molar-refractivity contribution in [2.75, 3.05) is 19.6 Å². The maximum absolute atomic E-state index is 13.1. The highest BCUT2D eigenvalue weighted by molar-refractivity contribution is 5.28. The van der Waals surface area contributed by atoms with Gasteiger partial charge in [0.15, 0.2) is 0 Å². The standard InChI is InChI=1S/C16H21FN2O/c1-12-9-14(17)5-6-15(12)16(20)11-19(8-2-7-18)10-13-3-4-13/h5-6,9,13,16,20H,2-4,8,10-11H2,1H3. The first-order valence-electron chi connectivity index (χ1n) is 7.13. The Morgan fingerprint density at radius 2 is 2.25 bits per heavy atom. The lowest BCUT2D eigenvalue weighted by Gasteiger charge is -2.25. The zero-order valence-corrected chi connectivity index (χ0v) is 11.8. The van der Waals surface area contributed by atoms with E-state index in [9.17, 15) is 9.50 Å². The molecule has 1 saturated carbocycles. The van der Waals surface area contributed by atoms with Crippen LogP contribution in [0.2, 0.25) is 0 Å². The van der Waals surface area contributed by atoms with Crippen molar-refractivity contribution in [2.45, 2.75) is 32.3 Å². The summed E-state index contributed by atoms with van der Waals surface area (Å²) in [5.74, 6) is 0.438. The summed E-state index contributed by atoms with van der Waals surface area (Å²) >= 11 is 0. The summed E-state index contributed by atoms with van der Waals surface area (Å²) in [4.78, 5) is 2.15. The zero-order valence-electron chi connectivity index (χ0n) is 11.8. The third kappa shape index (κ3) is 4.29. The van der Waals surface area contributed by atoms with Gasteiger partial charge in [0.25, 0.3) is 0 Å². The molecule has 108 valence electrons. The van der Waals surface area contributed by atoms with E-state index in [0.29, 0.717) is 19.5 Å². The van der Waals surface area contributed by atoms with Crippen molar-refractivity contribution < 1.29 is 9.50 Å². The molecule has 2 rings (SSSR count). The van der Waals surface area contributed by atoms with E-state index >= 15 is 0 Å². The number of hydrogen-bond donors (Lipinski definition) is 1. The van der Waals surface area contributed by atoms with Gasteiger partial charge in [0.05, 0.1) is 12.2 Å². The zero-order chi connectivity index (χ0) is 14.5. The quantitative estimate of drug-likeness (QED) is 0.833. The van der Waals surface area contributed by atoms with E-state index in [0.717, 1.165) is 23.6 Å². The first-order chi connectivity index (χ1) is 9.60.